The maximum atomic E-state index is 6.22. The fraction of sp³-hybridized carbons (Fsp3) is 0.455. The molecule has 0 bridgehead atoms. The molecule has 0 aromatic heterocycles. The Hall–Kier alpha value is 1.25. The molecule has 0 aliphatic rings. The molecule has 0 amide bonds. The first-order chi connectivity index (χ1) is 8.04. The first-order valence-corrected chi connectivity index (χ1v) is 7.60. The van der Waals surface area contributed by atoms with Crippen LogP contribution in [-0.4, -0.2) is 8.13 Å². The maximum Gasteiger partial charge on any atom is 0.226 e. The summed E-state index contributed by atoms with van der Waals surface area (Å²) in [6.45, 7) is 1.99. The maximum absolute atomic E-state index is 6.22. The van der Waals surface area contributed by atoms with E-state index in [9.17, 15) is 0 Å². The van der Waals surface area contributed by atoms with E-state index >= 15 is 0 Å². The van der Waals surface area contributed by atoms with Crippen LogP contribution < -0.4 is 0 Å². The van der Waals surface area contributed by atoms with Crippen molar-refractivity contribution in [2.45, 2.75) is 25.8 Å². The highest BCUT2D eigenvalue weighted by molar-refractivity contribution is 6.78. The molecule has 1 rings (SSSR count). The van der Waals surface area contributed by atoms with Crippen LogP contribution in [0.3, 0.4) is 0 Å². The SMILES string of the molecule is CCc1cccc(C(Cl)(Cl)C(Cl)(Cl)C(Cl)(Cl)Cl)c1. The van der Waals surface area contributed by atoms with Crippen molar-refractivity contribution in [3.05, 3.63) is 35.4 Å². The van der Waals surface area contributed by atoms with Crippen LogP contribution in [-0.2, 0) is 10.8 Å². The molecule has 0 atom stereocenters. The minimum Gasteiger partial charge on any atom is -0.0930 e. The summed E-state index contributed by atoms with van der Waals surface area (Å²) < 4.78 is -5.80. The average Bonchev–Trinajstić information content (AvgIpc) is 2.27. The lowest BCUT2D eigenvalue weighted by Crippen LogP contribution is -2.45. The Morgan fingerprint density at radius 1 is 0.944 bits per heavy atom. The summed E-state index contributed by atoms with van der Waals surface area (Å²) in [5.41, 5.74) is 1.49. The smallest absolute Gasteiger partial charge is 0.0930 e. The van der Waals surface area contributed by atoms with Crippen LogP contribution in [0.4, 0.5) is 0 Å². The molecule has 1 aromatic rings. The van der Waals surface area contributed by atoms with Gasteiger partial charge in [0.2, 0.25) is 8.13 Å². The van der Waals surface area contributed by atoms with Crippen LogP contribution in [0.1, 0.15) is 18.1 Å². The summed E-state index contributed by atoms with van der Waals surface area (Å²) in [6.07, 6.45) is 0.809. The molecular weight excluding hydrogens is 380 g/mol. The average molecular weight is 389 g/mol. The van der Waals surface area contributed by atoms with Crippen molar-refractivity contribution in [2.75, 3.05) is 0 Å². The Labute approximate surface area is 141 Å². The Kier molecular flexibility index (Phi) is 5.70. The molecule has 102 valence electrons. The number of rotatable bonds is 3. The molecular formula is C11H9Cl7. The van der Waals surface area contributed by atoms with E-state index in [2.05, 4.69) is 0 Å². The van der Waals surface area contributed by atoms with Crippen molar-refractivity contribution < 1.29 is 0 Å². The second-order valence-corrected chi connectivity index (χ2v) is 8.64. The number of alkyl halides is 7. The molecule has 0 fully saturated rings. The van der Waals surface area contributed by atoms with Gasteiger partial charge in [0.25, 0.3) is 0 Å². The molecule has 0 nitrogen and oxygen atoms in total. The fourth-order valence-corrected chi connectivity index (χ4v) is 2.80. The first-order valence-electron chi connectivity index (χ1n) is 4.95. The number of halogens is 7. The van der Waals surface area contributed by atoms with Gasteiger partial charge in [-0.15, -0.1) is 0 Å². The van der Waals surface area contributed by atoms with E-state index in [4.69, 9.17) is 81.2 Å². The Balaban J connectivity index is 3.28. The van der Waals surface area contributed by atoms with E-state index in [0.717, 1.165) is 12.0 Å². The van der Waals surface area contributed by atoms with Gasteiger partial charge in [0.15, 0.2) is 4.33 Å². The van der Waals surface area contributed by atoms with Gasteiger partial charge >= 0.3 is 0 Å². The lowest BCUT2D eigenvalue weighted by Gasteiger charge is -2.37. The third-order valence-electron chi connectivity index (χ3n) is 2.45. The third-order valence-corrected chi connectivity index (χ3v) is 6.40. The first kappa shape index (κ1) is 17.3. The van der Waals surface area contributed by atoms with Crippen LogP contribution in [0.5, 0.6) is 0 Å². The summed E-state index contributed by atoms with van der Waals surface area (Å²) in [5.74, 6) is 0. The second-order valence-electron chi connectivity index (χ2n) is 3.70. The minimum atomic E-state index is -2.04. The van der Waals surface area contributed by atoms with Gasteiger partial charge in [0.1, 0.15) is 0 Å². The largest absolute Gasteiger partial charge is 0.226 e. The van der Waals surface area contributed by atoms with Crippen LogP contribution in [0, 0.1) is 0 Å². The quantitative estimate of drug-likeness (QED) is 0.523. The summed E-state index contributed by atoms with van der Waals surface area (Å²) in [4.78, 5) is 0. The van der Waals surface area contributed by atoms with Gasteiger partial charge in [-0.3, -0.25) is 0 Å². The van der Waals surface area contributed by atoms with E-state index in [1.807, 2.05) is 13.0 Å². The number of aryl methyl sites for hydroxylation is 1. The second kappa shape index (κ2) is 5.93. The lowest BCUT2D eigenvalue weighted by molar-refractivity contribution is 0.697. The van der Waals surface area contributed by atoms with Crippen LogP contribution in [0.25, 0.3) is 0 Å². The van der Waals surface area contributed by atoms with E-state index in [1.54, 1.807) is 18.2 Å². The molecule has 0 aliphatic carbocycles. The molecule has 0 heterocycles. The van der Waals surface area contributed by atoms with Gasteiger partial charge in [-0.1, -0.05) is 112 Å². The van der Waals surface area contributed by atoms with E-state index in [0.29, 0.717) is 5.56 Å². The van der Waals surface area contributed by atoms with Gasteiger partial charge in [0, 0.05) is 0 Å². The summed E-state index contributed by atoms with van der Waals surface area (Å²) in [7, 11) is 0. The minimum absolute atomic E-state index is 0.474. The fourth-order valence-electron chi connectivity index (χ4n) is 1.35. The van der Waals surface area contributed by atoms with Crippen molar-refractivity contribution >= 4 is 81.2 Å². The van der Waals surface area contributed by atoms with Crippen molar-refractivity contribution in [1.29, 1.82) is 0 Å². The highest BCUT2D eigenvalue weighted by Gasteiger charge is 2.60. The van der Waals surface area contributed by atoms with Gasteiger partial charge in [0.05, 0.1) is 0 Å². The molecule has 7 heteroatoms. The predicted octanol–water partition coefficient (Wildman–Crippen LogP) is 6.42. The van der Waals surface area contributed by atoms with Crippen molar-refractivity contribution in [2.24, 2.45) is 0 Å². The molecule has 0 aliphatic heterocycles. The van der Waals surface area contributed by atoms with Crippen LogP contribution in [0.15, 0.2) is 24.3 Å². The van der Waals surface area contributed by atoms with Crippen LogP contribution in [0.2, 0.25) is 0 Å². The Morgan fingerprint density at radius 3 is 1.94 bits per heavy atom. The van der Waals surface area contributed by atoms with E-state index in [-0.39, 0.29) is 0 Å². The van der Waals surface area contributed by atoms with Gasteiger partial charge in [-0.05, 0) is 17.5 Å². The highest BCUT2D eigenvalue weighted by atomic mass is 35.6. The predicted molar refractivity (Wildman–Crippen MR) is 83.9 cm³/mol. The summed E-state index contributed by atoms with van der Waals surface area (Å²) in [5, 5.41) is 0. The van der Waals surface area contributed by atoms with E-state index < -0.39 is 12.5 Å². The van der Waals surface area contributed by atoms with Crippen molar-refractivity contribution in [3.63, 3.8) is 0 Å². The molecule has 0 unspecified atom stereocenters. The zero-order valence-electron chi connectivity index (χ0n) is 9.16. The van der Waals surface area contributed by atoms with Gasteiger partial charge in [-0.2, -0.15) is 0 Å². The molecule has 0 saturated heterocycles. The van der Waals surface area contributed by atoms with Gasteiger partial charge in [-0.25, -0.2) is 0 Å². The third kappa shape index (κ3) is 3.28. The monoisotopic (exact) mass is 386 g/mol. The topological polar surface area (TPSA) is 0 Å². The van der Waals surface area contributed by atoms with Crippen molar-refractivity contribution in [3.8, 4) is 0 Å². The summed E-state index contributed by atoms with van der Waals surface area (Å²) in [6, 6.07) is 7.16. The molecule has 0 radical (unpaired) electrons. The summed E-state index contributed by atoms with van der Waals surface area (Å²) >= 11 is 41.7. The zero-order chi connectivity index (χ0) is 14.2. The number of hydrogen-bond acceptors (Lipinski definition) is 0. The standard InChI is InChI=1S/C11H9Cl7/c1-2-7-4-3-5-8(6-7)9(12,13)10(14,15)11(16,17)18/h3-6H,2H2,1H3. The molecule has 18 heavy (non-hydrogen) atoms. The van der Waals surface area contributed by atoms with Crippen LogP contribution >= 0.6 is 81.2 Å². The Bertz CT molecular complexity index is 420. The number of benzene rings is 1. The molecule has 1 aromatic carbocycles. The Morgan fingerprint density at radius 2 is 1.50 bits per heavy atom. The molecule has 0 N–H and O–H groups in total. The lowest BCUT2D eigenvalue weighted by atomic mass is 10.0. The van der Waals surface area contributed by atoms with Gasteiger partial charge < -0.3 is 0 Å². The number of hydrogen-bond donors (Lipinski definition) is 0. The molecule has 0 spiro atoms. The van der Waals surface area contributed by atoms with Crippen molar-refractivity contribution in [1.82, 2.24) is 0 Å². The zero-order valence-corrected chi connectivity index (χ0v) is 14.5. The normalized spacial score (nSPS) is 13.8. The van der Waals surface area contributed by atoms with E-state index in [1.165, 1.54) is 0 Å². The molecule has 0 saturated carbocycles. The highest BCUT2D eigenvalue weighted by Crippen LogP contribution is 2.60.